The number of hydrogen-bond acceptors (Lipinski definition) is 3. The van der Waals surface area contributed by atoms with Crippen LogP contribution in [0.4, 0.5) is 0 Å². The van der Waals surface area contributed by atoms with Gasteiger partial charge < -0.3 is 15.2 Å². The molecule has 1 rings (SSSR count). The fourth-order valence-electron chi connectivity index (χ4n) is 1.35. The largest absolute Gasteiger partial charge is 0.347 e. The third kappa shape index (κ3) is 1.72. The third-order valence-corrected chi connectivity index (χ3v) is 2.25. The van der Waals surface area contributed by atoms with Crippen LogP contribution in [-0.2, 0) is 9.47 Å². The minimum Gasteiger partial charge on any atom is -0.347 e. The van der Waals surface area contributed by atoms with Gasteiger partial charge in [-0.1, -0.05) is 13.8 Å². The molecule has 66 valence electrons. The number of hydrogen-bond donors (Lipinski definition) is 1. The van der Waals surface area contributed by atoms with Crippen molar-refractivity contribution in [3.05, 3.63) is 0 Å². The van der Waals surface area contributed by atoms with Crippen molar-refractivity contribution >= 4 is 0 Å². The molecule has 11 heavy (non-hydrogen) atoms. The van der Waals surface area contributed by atoms with Crippen LogP contribution in [0, 0.1) is 0 Å². The van der Waals surface area contributed by atoms with Gasteiger partial charge in [0.15, 0.2) is 5.79 Å². The van der Waals surface area contributed by atoms with E-state index >= 15 is 0 Å². The Morgan fingerprint density at radius 3 is 2.36 bits per heavy atom. The SMILES string of the molecule is CCC1(CC)OC[C@H](CN)O1. The standard InChI is InChI=1S/C8H17NO2/c1-3-8(4-2)10-6-7(5-9)11-8/h7H,3-6,9H2,1-2H3/t7-/m0/s1. The highest BCUT2D eigenvalue weighted by Crippen LogP contribution is 2.29. The molecule has 1 atom stereocenters. The highest BCUT2D eigenvalue weighted by molar-refractivity contribution is 4.76. The average Bonchev–Trinajstić information content (AvgIpc) is 2.49. The summed E-state index contributed by atoms with van der Waals surface area (Å²) in [6.07, 6.45) is 1.91. The van der Waals surface area contributed by atoms with E-state index in [1.54, 1.807) is 0 Å². The topological polar surface area (TPSA) is 44.5 Å². The maximum absolute atomic E-state index is 5.65. The first-order valence-corrected chi connectivity index (χ1v) is 4.28. The van der Waals surface area contributed by atoms with Gasteiger partial charge in [-0.3, -0.25) is 0 Å². The van der Waals surface area contributed by atoms with Crippen LogP contribution in [0.25, 0.3) is 0 Å². The molecular weight excluding hydrogens is 142 g/mol. The second-order valence-electron chi connectivity index (χ2n) is 2.90. The molecular formula is C8H17NO2. The smallest absolute Gasteiger partial charge is 0.168 e. The summed E-state index contributed by atoms with van der Waals surface area (Å²) in [5.74, 6) is -0.329. The Kier molecular flexibility index (Phi) is 2.87. The molecule has 1 aliphatic rings. The van der Waals surface area contributed by atoms with Gasteiger partial charge >= 0.3 is 0 Å². The summed E-state index contributed by atoms with van der Waals surface area (Å²) < 4.78 is 11.2. The minimum absolute atomic E-state index is 0.106. The zero-order chi connectivity index (χ0) is 8.32. The third-order valence-electron chi connectivity index (χ3n) is 2.25. The molecule has 1 aliphatic heterocycles. The lowest BCUT2D eigenvalue weighted by Gasteiger charge is -2.24. The molecule has 3 heteroatoms. The average molecular weight is 159 g/mol. The van der Waals surface area contributed by atoms with Crippen molar-refractivity contribution < 1.29 is 9.47 Å². The molecule has 1 saturated heterocycles. The quantitative estimate of drug-likeness (QED) is 0.664. The van der Waals surface area contributed by atoms with Gasteiger partial charge in [0.25, 0.3) is 0 Å². The molecule has 2 N–H and O–H groups in total. The Balaban J connectivity index is 2.48. The van der Waals surface area contributed by atoms with Gasteiger partial charge in [-0.05, 0) is 12.8 Å². The lowest BCUT2D eigenvalue weighted by atomic mass is 10.1. The van der Waals surface area contributed by atoms with Crippen LogP contribution in [0.3, 0.4) is 0 Å². The van der Waals surface area contributed by atoms with Crippen molar-refractivity contribution in [2.24, 2.45) is 5.73 Å². The Morgan fingerprint density at radius 2 is 2.09 bits per heavy atom. The Morgan fingerprint density at radius 1 is 1.45 bits per heavy atom. The summed E-state index contributed by atoms with van der Waals surface area (Å²) >= 11 is 0. The van der Waals surface area contributed by atoms with Crippen LogP contribution in [-0.4, -0.2) is 25.0 Å². The molecule has 0 saturated carbocycles. The monoisotopic (exact) mass is 159 g/mol. The molecule has 0 amide bonds. The van der Waals surface area contributed by atoms with Gasteiger partial charge in [0.2, 0.25) is 0 Å². The molecule has 1 heterocycles. The fraction of sp³-hybridized carbons (Fsp3) is 1.00. The number of rotatable bonds is 3. The summed E-state index contributed by atoms with van der Waals surface area (Å²) in [5, 5.41) is 0. The number of ether oxygens (including phenoxy) is 2. The summed E-state index contributed by atoms with van der Waals surface area (Å²) in [6.45, 7) is 5.35. The molecule has 0 aliphatic carbocycles. The van der Waals surface area contributed by atoms with Crippen molar-refractivity contribution in [1.82, 2.24) is 0 Å². The van der Waals surface area contributed by atoms with Crippen LogP contribution in [0.2, 0.25) is 0 Å². The van der Waals surface area contributed by atoms with E-state index in [-0.39, 0.29) is 11.9 Å². The van der Waals surface area contributed by atoms with Crippen LogP contribution in [0.5, 0.6) is 0 Å². The summed E-state index contributed by atoms with van der Waals surface area (Å²) in [6, 6.07) is 0. The van der Waals surface area contributed by atoms with Gasteiger partial charge in [-0.15, -0.1) is 0 Å². The maximum Gasteiger partial charge on any atom is 0.168 e. The first kappa shape index (κ1) is 8.97. The highest BCUT2D eigenvalue weighted by Gasteiger charge is 2.37. The van der Waals surface area contributed by atoms with Crippen molar-refractivity contribution in [3.8, 4) is 0 Å². The van der Waals surface area contributed by atoms with E-state index in [0.29, 0.717) is 13.2 Å². The summed E-state index contributed by atoms with van der Waals surface area (Å²) in [4.78, 5) is 0. The molecule has 0 aromatic carbocycles. The van der Waals surface area contributed by atoms with Crippen molar-refractivity contribution in [2.75, 3.05) is 13.2 Å². The molecule has 0 radical (unpaired) electrons. The van der Waals surface area contributed by atoms with Crippen LogP contribution in [0.15, 0.2) is 0 Å². The first-order chi connectivity index (χ1) is 5.26. The normalized spacial score (nSPS) is 29.2. The van der Waals surface area contributed by atoms with Gasteiger partial charge in [-0.2, -0.15) is 0 Å². The Bertz CT molecular complexity index is 123. The molecule has 0 aromatic heterocycles. The molecule has 0 aromatic rings. The molecule has 0 unspecified atom stereocenters. The lowest BCUT2D eigenvalue weighted by Crippen LogP contribution is -2.30. The lowest BCUT2D eigenvalue weighted by molar-refractivity contribution is -0.170. The van der Waals surface area contributed by atoms with E-state index in [2.05, 4.69) is 13.8 Å². The second-order valence-corrected chi connectivity index (χ2v) is 2.90. The van der Waals surface area contributed by atoms with E-state index in [4.69, 9.17) is 15.2 Å². The van der Waals surface area contributed by atoms with E-state index in [1.165, 1.54) is 0 Å². The van der Waals surface area contributed by atoms with E-state index < -0.39 is 0 Å². The second kappa shape index (κ2) is 3.52. The Labute approximate surface area is 67.9 Å². The predicted octanol–water partition coefficient (Wildman–Crippen LogP) is 0.877. The minimum atomic E-state index is -0.329. The molecule has 3 nitrogen and oxygen atoms in total. The van der Waals surface area contributed by atoms with Gasteiger partial charge in [-0.25, -0.2) is 0 Å². The van der Waals surface area contributed by atoms with E-state index in [0.717, 1.165) is 12.8 Å². The predicted molar refractivity (Wildman–Crippen MR) is 43.2 cm³/mol. The van der Waals surface area contributed by atoms with Gasteiger partial charge in [0.1, 0.15) is 0 Å². The van der Waals surface area contributed by atoms with E-state index in [9.17, 15) is 0 Å². The molecule has 0 spiro atoms. The molecule has 1 fully saturated rings. The van der Waals surface area contributed by atoms with Crippen LogP contribution < -0.4 is 5.73 Å². The van der Waals surface area contributed by atoms with Gasteiger partial charge in [0, 0.05) is 6.54 Å². The summed E-state index contributed by atoms with van der Waals surface area (Å²) in [7, 11) is 0. The fourth-order valence-corrected chi connectivity index (χ4v) is 1.35. The number of nitrogens with two attached hydrogens (primary N) is 1. The van der Waals surface area contributed by atoms with Crippen molar-refractivity contribution in [2.45, 2.75) is 38.6 Å². The van der Waals surface area contributed by atoms with Crippen LogP contribution in [0.1, 0.15) is 26.7 Å². The maximum atomic E-state index is 5.65. The zero-order valence-electron chi connectivity index (χ0n) is 7.30. The summed E-state index contributed by atoms with van der Waals surface area (Å²) in [5.41, 5.74) is 5.46. The van der Waals surface area contributed by atoms with E-state index in [1.807, 2.05) is 0 Å². The van der Waals surface area contributed by atoms with Crippen LogP contribution >= 0.6 is 0 Å². The first-order valence-electron chi connectivity index (χ1n) is 4.28. The molecule has 0 bridgehead atoms. The highest BCUT2D eigenvalue weighted by atomic mass is 16.7. The van der Waals surface area contributed by atoms with Gasteiger partial charge in [0.05, 0.1) is 12.7 Å². The van der Waals surface area contributed by atoms with Crippen molar-refractivity contribution in [1.29, 1.82) is 0 Å². The zero-order valence-corrected chi connectivity index (χ0v) is 7.30. The Hall–Kier alpha value is -0.120. The van der Waals surface area contributed by atoms with Crippen molar-refractivity contribution in [3.63, 3.8) is 0 Å².